The van der Waals surface area contributed by atoms with Crippen molar-refractivity contribution in [3.63, 3.8) is 0 Å². The number of anilines is 1. The summed E-state index contributed by atoms with van der Waals surface area (Å²) in [4.78, 5) is 14.9. The summed E-state index contributed by atoms with van der Waals surface area (Å²) in [6, 6.07) is 2.05. The number of pyridine rings is 1. The van der Waals surface area contributed by atoms with Gasteiger partial charge in [0.25, 0.3) is 0 Å². The zero-order chi connectivity index (χ0) is 10.6. The summed E-state index contributed by atoms with van der Waals surface area (Å²) in [6.07, 6.45) is 1.58. The first kappa shape index (κ1) is 10.6. The molecule has 76 valence electrons. The molecule has 14 heavy (non-hydrogen) atoms. The van der Waals surface area contributed by atoms with E-state index in [9.17, 15) is 9.18 Å². The van der Waals surface area contributed by atoms with E-state index < -0.39 is 11.9 Å². The van der Waals surface area contributed by atoms with Crippen molar-refractivity contribution in [2.45, 2.75) is 19.4 Å². The second-order valence-corrected chi connectivity index (χ2v) is 2.87. The average Bonchev–Trinajstić information content (AvgIpc) is 2.20. The summed E-state index contributed by atoms with van der Waals surface area (Å²) in [5, 5.41) is 2.48. The zero-order valence-corrected chi connectivity index (χ0v) is 7.83. The fourth-order valence-electron chi connectivity index (χ4n) is 0.854. The lowest BCUT2D eigenvalue weighted by Gasteiger charge is -2.08. The molecule has 0 spiro atoms. The molecule has 0 saturated carbocycles. The van der Waals surface area contributed by atoms with E-state index in [0.29, 0.717) is 12.2 Å². The van der Waals surface area contributed by atoms with Crippen LogP contribution in [0.3, 0.4) is 0 Å². The van der Waals surface area contributed by atoms with Crippen LogP contribution < -0.4 is 11.1 Å². The van der Waals surface area contributed by atoms with Gasteiger partial charge in [0.2, 0.25) is 5.91 Å². The third-order valence-electron chi connectivity index (χ3n) is 1.76. The molecule has 0 aliphatic carbocycles. The molecular formula is C9H12FN3O. The third kappa shape index (κ3) is 2.77. The van der Waals surface area contributed by atoms with E-state index in [2.05, 4.69) is 10.3 Å². The molecule has 1 aromatic heterocycles. The van der Waals surface area contributed by atoms with Gasteiger partial charge in [-0.05, 0) is 18.6 Å². The van der Waals surface area contributed by atoms with Crippen molar-refractivity contribution in [3.05, 3.63) is 24.1 Å². The Morgan fingerprint density at radius 3 is 2.93 bits per heavy atom. The Bertz CT molecular complexity index is 312. The predicted molar refractivity (Wildman–Crippen MR) is 51.1 cm³/mol. The monoisotopic (exact) mass is 197 g/mol. The molecule has 0 aromatic carbocycles. The zero-order valence-electron chi connectivity index (χ0n) is 7.83. The van der Waals surface area contributed by atoms with Gasteiger partial charge in [-0.1, -0.05) is 6.92 Å². The number of carbonyl (C=O) groups excluding carboxylic acids is 1. The minimum absolute atomic E-state index is 0.306. The van der Waals surface area contributed by atoms with E-state index >= 15 is 0 Å². The Kier molecular flexibility index (Phi) is 3.53. The molecule has 5 heteroatoms. The number of nitrogens with two attached hydrogens (primary N) is 1. The number of carbonyl (C=O) groups is 1. The smallest absolute Gasteiger partial charge is 0.242 e. The molecule has 0 radical (unpaired) electrons. The number of nitrogens with zero attached hydrogens (tertiary/aromatic N) is 1. The minimum Gasteiger partial charge on any atom is -0.320 e. The van der Waals surface area contributed by atoms with Crippen LogP contribution in [0.15, 0.2) is 18.3 Å². The number of amides is 1. The Morgan fingerprint density at radius 2 is 2.43 bits per heavy atom. The summed E-state index contributed by atoms with van der Waals surface area (Å²) >= 11 is 0. The molecule has 1 amide bonds. The van der Waals surface area contributed by atoms with E-state index in [0.717, 1.165) is 6.20 Å². The summed E-state index contributed by atoms with van der Waals surface area (Å²) in [5.74, 6) is -0.449. The fraction of sp³-hybridized carbons (Fsp3) is 0.333. The molecule has 1 aromatic rings. The summed E-state index contributed by atoms with van der Waals surface area (Å²) < 4.78 is 12.4. The quantitative estimate of drug-likeness (QED) is 0.756. The number of rotatable bonds is 3. The highest BCUT2D eigenvalue weighted by molar-refractivity contribution is 5.93. The molecule has 4 nitrogen and oxygen atoms in total. The predicted octanol–water partition coefficient (Wildman–Crippen LogP) is 0.896. The van der Waals surface area contributed by atoms with Crippen molar-refractivity contribution < 1.29 is 9.18 Å². The van der Waals surface area contributed by atoms with Crippen LogP contribution in [0, 0.1) is 5.82 Å². The lowest BCUT2D eigenvalue weighted by Crippen LogP contribution is -2.35. The maximum absolute atomic E-state index is 12.4. The van der Waals surface area contributed by atoms with Crippen molar-refractivity contribution in [2.24, 2.45) is 5.73 Å². The van der Waals surface area contributed by atoms with Crippen LogP contribution in [0.2, 0.25) is 0 Å². The molecule has 0 aliphatic rings. The standard InChI is InChI=1S/C9H12FN3O/c1-2-7(11)9(14)13-8-4-3-6(10)5-12-8/h3-5,7H,2,11H2,1H3,(H,12,13,14)/t7-/m1/s1. The first-order chi connectivity index (χ1) is 6.63. The minimum atomic E-state index is -0.554. The van der Waals surface area contributed by atoms with Crippen LogP contribution in [0.4, 0.5) is 10.2 Å². The normalized spacial score (nSPS) is 12.2. The Morgan fingerprint density at radius 1 is 1.71 bits per heavy atom. The topological polar surface area (TPSA) is 68.0 Å². The summed E-state index contributed by atoms with van der Waals surface area (Å²) in [6.45, 7) is 1.81. The summed E-state index contributed by atoms with van der Waals surface area (Å²) in [7, 11) is 0. The summed E-state index contributed by atoms with van der Waals surface area (Å²) in [5.41, 5.74) is 5.48. The van der Waals surface area contributed by atoms with E-state index in [-0.39, 0.29) is 5.91 Å². The third-order valence-corrected chi connectivity index (χ3v) is 1.76. The van der Waals surface area contributed by atoms with Crippen LogP contribution in [-0.2, 0) is 4.79 Å². The maximum atomic E-state index is 12.4. The van der Waals surface area contributed by atoms with Gasteiger partial charge in [0.05, 0.1) is 12.2 Å². The molecule has 0 aliphatic heterocycles. The number of nitrogens with one attached hydrogen (secondary N) is 1. The highest BCUT2D eigenvalue weighted by Crippen LogP contribution is 2.04. The molecular weight excluding hydrogens is 185 g/mol. The first-order valence-corrected chi connectivity index (χ1v) is 4.31. The van der Waals surface area contributed by atoms with Crippen LogP contribution >= 0.6 is 0 Å². The van der Waals surface area contributed by atoms with Crippen molar-refractivity contribution >= 4 is 11.7 Å². The van der Waals surface area contributed by atoms with Gasteiger partial charge in [-0.2, -0.15) is 0 Å². The molecule has 0 unspecified atom stereocenters. The van der Waals surface area contributed by atoms with Crippen LogP contribution in [-0.4, -0.2) is 16.9 Å². The molecule has 1 heterocycles. The number of hydrogen-bond donors (Lipinski definition) is 2. The Balaban J connectivity index is 2.60. The lowest BCUT2D eigenvalue weighted by atomic mass is 10.2. The van der Waals surface area contributed by atoms with E-state index in [1.807, 2.05) is 6.92 Å². The highest BCUT2D eigenvalue weighted by atomic mass is 19.1. The molecule has 1 rings (SSSR count). The van der Waals surface area contributed by atoms with Crippen LogP contribution in [0.25, 0.3) is 0 Å². The van der Waals surface area contributed by atoms with Gasteiger partial charge < -0.3 is 11.1 Å². The lowest BCUT2D eigenvalue weighted by molar-refractivity contribution is -0.117. The Hall–Kier alpha value is -1.49. The van der Waals surface area contributed by atoms with Crippen LogP contribution in [0.5, 0.6) is 0 Å². The maximum Gasteiger partial charge on any atom is 0.242 e. The number of halogens is 1. The second kappa shape index (κ2) is 4.66. The van der Waals surface area contributed by atoms with Gasteiger partial charge in [-0.3, -0.25) is 4.79 Å². The largest absolute Gasteiger partial charge is 0.320 e. The molecule has 0 bridgehead atoms. The van der Waals surface area contributed by atoms with Crippen molar-refractivity contribution in [1.29, 1.82) is 0 Å². The van der Waals surface area contributed by atoms with Gasteiger partial charge in [-0.15, -0.1) is 0 Å². The van der Waals surface area contributed by atoms with Gasteiger partial charge in [0.1, 0.15) is 11.6 Å². The molecule has 1 atom stereocenters. The van der Waals surface area contributed by atoms with E-state index in [1.165, 1.54) is 12.1 Å². The molecule has 0 saturated heterocycles. The Labute approximate surface area is 81.3 Å². The molecule has 0 fully saturated rings. The number of hydrogen-bond acceptors (Lipinski definition) is 3. The SMILES string of the molecule is CC[C@@H](N)C(=O)Nc1ccc(F)cn1. The van der Waals surface area contributed by atoms with Gasteiger partial charge in [0.15, 0.2) is 0 Å². The number of aromatic nitrogens is 1. The van der Waals surface area contributed by atoms with E-state index in [4.69, 9.17) is 5.73 Å². The van der Waals surface area contributed by atoms with E-state index in [1.54, 1.807) is 0 Å². The van der Waals surface area contributed by atoms with Gasteiger partial charge >= 0.3 is 0 Å². The van der Waals surface area contributed by atoms with Crippen molar-refractivity contribution in [2.75, 3.05) is 5.32 Å². The van der Waals surface area contributed by atoms with Crippen LogP contribution in [0.1, 0.15) is 13.3 Å². The van der Waals surface area contributed by atoms with Gasteiger partial charge in [0, 0.05) is 0 Å². The van der Waals surface area contributed by atoms with Crippen molar-refractivity contribution in [1.82, 2.24) is 4.98 Å². The molecule has 3 N–H and O–H groups in total. The first-order valence-electron chi connectivity index (χ1n) is 4.31. The van der Waals surface area contributed by atoms with Crippen molar-refractivity contribution in [3.8, 4) is 0 Å². The highest BCUT2D eigenvalue weighted by Gasteiger charge is 2.10. The average molecular weight is 197 g/mol. The fourth-order valence-corrected chi connectivity index (χ4v) is 0.854. The second-order valence-electron chi connectivity index (χ2n) is 2.87. The van der Waals surface area contributed by atoms with Gasteiger partial charge in [-0.25, -0.2) is 9.37 Å².